The van der Waals surface area contributed by atoms with Gasteiger partial charge in [-0.1, -0.05) is 29.3 Å². The van der Waals surface area contributed by atoms with Crippen LogP contribution in [0.25, 0.3) is 0 Å². The van der Waals surface area contributed by atoms with Gasteiger partial charge in [-0.25, -0.2) is 0 Å². The van der Waals surface area contributed by atoms with Crippen molar-refractivity contribution in [2.24, 2.45) is 0 Å². The van der Waals surface area contributed by atoms with Crippen LogP contribution in [0.3, 0.4) is 0 Å². The van der Waals surface area contributed by atoms with Gasteiger partial charge in [0.2, 0.25) is 5.91 Å². The van der Waals surface area contributed by atoms with E-state index in [1.54, 1.807) is 18.4 Å². The number of amides is 1. The lowest BCUT2D eigenvalue weighted by atomic mass is 10.1. The number of hydrogen-bond donors (Lipinski definition) is 1. The number of carbonyl (C=O) groups excluding carboxylic acids is 1. The summed E-state index contributed by atoms with van der Waals surface area (Å²) in [6, 6.07) is 9.08. The molecule has 0 fully saturated rings. The Morgan fingerprint density at radius 2 is 2.09 bits per heavy atom. The van der Waals surface area contributed by atoms with Crippen LogP contribution in [0, 0.1) is 0 Å². The third kappa shape index (κ3) is 5.27. The maximum absolute atomic E-state index is 12.1. The Balaban J connectivity index is 1.84. The van der Waals surface area contributed by atoms with Gasteiger partial charge in [0, 0.05) is 23.0 Å². The fourth-order valence-corrected chi connectivity index (χ4v) is 2.79. The molecule has 2 aromatic rings. The van der Waals surface area contributed by atoms with E-state index in [9.17, 15) is 4.79 Å². The molecule has 0 saturated heterocycles. The molecular formula is C17H20Cl2N2O2. The number of carbonyl (C=O) groups is 1. The van der Waals surface area contributed by atoms with Crippen molar-refractivity contribution >= 4 is 29.1 Å². The molecule has 1 aromatic carbocycles. The van der Waals surface area contributed by atoms with E-state index in [4.69, 9.17) is 27.6 Å². The molecule has 0 saturated carbocycles. The van der Waals surface area contributed by atoms with Crippen molar-refractivity contribution in [3.8, 4) is 0 Å². The molecule has 0 radical (unpaired) electrons. The average molecular weight is 355 g/mol. The zero-order chi connectivity index (χ0) is 16.8. The van der Waals surface area contributed by atoms with E-state index in [0.717, 1.165) is 11.3 Å². The van der Waals surface area contributed by atoms with Gasteiger partial charge in [-0.15, -0.1) is 0 Å². The Kier molecular flexibility index (Phi) is 6.51. The summed E-state index contributed by atoms with van der Waals surface area (Å²) in [6.07, 6.45) is 2.59. The van der Waals surface area contributed by atoms with Crippen LogP contribution >= 0.6 is 23.2 Å². The molecule has 1 unspecified atom stereocenters. The third-order valence-corrected chi connectivity index (χ3v) is 4.21. The van der Waals surface area contributed by atoms with E-state index in [2.05, 4.69) is 5.32 Å². The van der Waals surface area contributed by atoms with Gasteiger partial charge in [-0.2, -0.15) is 0 Å². The van der Waals surface area contributed by atoms with Gasteiger partial charge in [0.05, 0.1) is 12.3 Å². The van der Waals surface area contributed by atoms with Gasteiger partial charge in [0.15, 0.2) is 0 Å². The monoisotopic (exact) mass is 354 g/mol. The molecule has 0 aliphatic rings. The Labute approximate surface area is 146 Å². The van der Waals surface area contributed by atoms with Gasteiger partial charge >= 0.3 is 0 Å². The standard InChI is InChI=1S/C17H20Cl2N2O2/c1-21(2)15(16-4-3-9-23-16)11-20-17(22)8-6-12-5-7-13(18)10-14(12)19/h3-5,7,9-10,15H,6,8,11H2,1-2H3,(H,20,22). The van der Waals surface area contributed by atoms with Gasteiger partial charge in [0.1, 0.15) is 5.76 Å². The van der Waals surface area contributed by atoms with Crippen molar-refractivity contribution in [2.45, 2.75) is 18.9 Å². The first-order chi connectivity index (χ1) is 11.0. The molecule has 1 atom stereocenters. The maximum atomic E-state index is 12.1. The minimum absolute atomic E-state index is 0.00747. The molecule has 23 heavy (non-hydrogen) atoms. The van der Waals surface area contributed by atoms with Crippen molar-refractivity contribution < 1.29 is 9.21 Å². The van der Waals surface area contributed by atoms with E-state index in [0.29, 0.717) is 29.4 Å². The summed E-state index contributed by atoms with van der Waals surface area (Å²) in [5.41, 5.74) is 0.918. The molecule has 4 nitrogen and oxygen atoms in total. The van der Waals surface area contributed by atoms with Gasteiger partial charge in [0.25, 0.3) is 0 Å². The number of halogens is 2. The third-order valence-electron chi connectivity index (χ3n) is 3.62. The van der Waals surface area contributed by atoms with Crippen LogP contribution in [-0.4, -0.2) is 31.4 Å². The van der Waals surface area contributed by atoms with E-state index in [-0.39, 0.29) is 11.9 Å². The van der Waals surface area contributed by atoms with Crippen LogP contribution in [0.15, 0.2) is 41.0 Å². The summed E-state index contributed by atoms with van der Waals surface area (Å²) in [6.45, 7) is 0.494. The fourth-order valence-electron chi connectivity index (χ4n) is 2.29. The molecule has 6 heteroatoms. The van der Waals surface area contributed by atoms with Crippen LogP contribution in [0.5, 0.6) is 0 Å². The number of furan rings is 1. The van der Waals surface area contributed by atoms with Crippen molar-refractivity contribution in [1.82, 2.24) is 10.2 Å². The molecule has 124 valence electrons. The van der Waals surface area contributed by atoms with Crippen molar-refractivity contribution in [2.75, 3.05) is 20.6 Å². The Bertz CT molecular complexity index is 642. The summed E-state index contributed by atoms with van der Waals surface area (Å²) in [4.78, 5) is 14.1. The molecule has 0 bridgehead atoms. The molecule has 1 N–H and O–H groups in total. The number of aryl methyl sites for hydroxylation is 1. The van der Waals surface area contributed by atoms with Crippen LogP contribution in [0.4, 0.5) is 0 Å². The topological polar surface area (TPSA) is 45.5 Å². The quantitative estimate of drug-likeness (QED) is 0.818. The first-order valence-electron chi connectivity index (χ1n) is 7.38. The minimum Gasteiger partial charge on any atom is -0.468 e. The zero-order valence-corrected chi connectivity index (χ0v) is 14.7. The lowest BCUT2D eigenvalue weighted by molar-refractivity contribution is -0.121. The second kappa shape index (κ2) is 8.39. The molecule has 0 spiro atoms. The predicted molar refractivity (Wildman–Crippen MR) is 92.9 cm³/mol. The van der Waals surface area contributed by atoms with Crippen molar-refractivity contribution in [1.29, 1.82) is 0 Å². The van der Waals surface area contributed by atoms with Crippen molar-refractivity contribution in [3.05, 3.63) is 58.0 Å². The average Bonchev–Trinajstić information content (AvgIpc) is 3.00. The zero-order valence-electron chi connectivity index (χ0n) is 13.2. The summed E-state index contributed by atoms with van der Waals surface area (Å²) >= 11 is 12.0. The number of nitrogens with zero attached hydrogens (tertiary/aromatic N) is 1. The highest BCUT2D eigenvalue weighted by Crippen LogP contribution is 2.22. The number of hydrogen-bond acceptors (Lipinski definition) is 3. The Morgan fingerprint density at radius 3 is 2.70 bits per heavy atom. The highest BCUT2D eigenvalue weighted by atomic mass is 35.5. The Morgan fingerprint density at radius 1 is 1.30 bits per heavy atom. The van der Waals surface area contributed by atoms with Gasteiger partial charge in [-0.3, -0.25) is 9.69 Å². The van der Waals surface area contributed by atoms with Gasteiger partial charge < -0.3 is 9.73 Å². The first kappa shape index (κ1) is 17.9. The smallest absolute Gasteiger partial charge is 0.220 e. The van der Waals surface area contributed by atoms with E-state index in [1.165, 1.54) is 0 Å². The summed E-state index contributed by atoms with van der Waals surface area (Å²) in [5.74, 6) is 0.811. The maximum Gasteiger partial charge on any atom is 0.220 e. The molecule has 0 aliphatic carbocycles. The second-order valence-corrected chi connectivity index (χ2v) is 6.38. The SMILES string of the molecule is CN(C)C(CNC(=O)CCc1ccc(Cl)cc1Cl)c1ccco1. The lowest BCUT2D eigenvalue weighted by Crippen LogP contribution is -2.34. The number of nitrogens with one attached hydrogen (secondary N) is 1. The largest absolute Gasteiger partial charge is 0.468 e. The molecule has 1 amide bonds. The number of rotatable bonds is 7. The van der Waals surface area contributed by atoms with Crippen LogP contribution in [0.2, 0.25) is 10.0 Å². The predicted octanol–water partition coefficient (Wildman–Crippen LogP) is 3.94. The first-order valence-corrected chi connectivity index (χ1v) is 8.13. The van der Waals surface area contributed by atoms with Gasteiger partial charge in [-0.05, 0) is 50.3 Å². The van der Waals surface area contributed by atoms with E-state index >= 15 is 0 Å². The van der Waals surface area contributed by atoms with Crippen LogP contribution < -0.4 is 5.32 Å². The molecule has 1 aromatic heterocycles. The summed E-state index contributed by atoms with van der Waals surface area (Å²) in [5, 5.41) is 4.13. The van der Waals surface area contributed by atoms with Crippen LogP contribution in [0.1, 0.15) is 23.8 Å². The molecular weight excluding hydrogens is 335 g/mol. The van der Waals surface area contributed by atoms with E-state index < -0.39 is 0 Å². The highest BCUT2D eigenvalue weighted by molar-refractivity contribution is 6.35. The van der Waals surface area contributed by atoms with Crippen LogP contribution in [-0.2, 0) is 11.2 Å². The second-order valence-electron chi connectivity index (χ2n) is 5.53. The molecule has 2 rings (SSSR count). The summed E-state index contributed by atoms with van der Waals surface area (Å²) < 4.78 is 5.42. The highest BCUT2D eigenvalue weighted by Gasteiger charge is 2.17. The molecule has 0 aliphatic heterocycles. The number of likely N-dealkylation sites (N-methyl/N-ethyl adjacent to an activating group) is 1. The molecule has 1 heterocycles. The Hall–Kier alpha value is -1.49. The lowest BCUT2D eigenvalue weighted by Gasteiger charge is -2.22. The summed E-state index contributed by atoms with van der Waals surface area (Å²) in [7, 11) is 3.90. The normalized spacial score (nSPS) is 12.4. The minimum atomic E-state index is -0.0191. The number of benzene rings is 1. The fraction of sp³-hybridized carbons (Fsp3) is 0.353. The van der Waals surface area contributed by atoms with Crippen molar-refractivity contribution in [3.63, 3.8) is 0 Å². The van der Waals surface area contributed by atoms with E-state index in [1.807, 2.05) is 37.2 Å².